The molecular formula is C86H103N13O19. The van der Waals surface area contributed by atoms with E-state index in [4.69, 9.17) is 39.7 Å². The van der Waals surface area contributed by atoms with E-state index in [1.54, 1.807) is 139 Å². The molecule has 0 aliphatic carbocycles. The van der Waals surface area contributed by atoms with Gasteiger partial charge in [0.25, 0.3) is 41.2 Å². The van der Waals surface area contributed by atoms with E-state index in [9.17, 15) is 57.5 Å². The molecule has 4 aliphatic rings. The highest BCUT2D eigenvalue weighted by molar-refractivity contribution is 6.26. The van der Waals surface area contributed by atoms with Gasteiger partial charge in [0.15, 0.2) is 0 Å². The molecule has 32 nitrogen and oxygen atoms in total. The Hall–Kier alpha value is -12.6. The largest absolute Gasteiger partial charge is 0.496 e. The molecule has 4 aliphatic heterocycles. The Balaban J connectivity index is 0.000000218. The lowest BCUT2D eigenvalue weighted by Gasteiger charge is -2.27. The predicted octanol–water partition coefficient (Wildman–Crippen LogP) is 8.89. The molecule has 12 rings (SSSR count). The molecule has 8 aromatic rings. The zero-order valence-corrected chi connectivity index (χ0v) is 67.8. The average Bonchev–Trinajstić information content (AvgIpc) is 1.43. The number of amides is 8. The zero-order chi connectivity index (χ0) is 85.3. The number of anilines is 2. The molecule has 8 heterocycles. The SMILES string of the molecule is COc1cc(-c2cn(C)c(=O)c3cnccc23)cc(OC)c1CN(C)CC(=O)CCCCCCCCCNc1cccc2c1C(=O)N(C1CCC(=O)NC1=O)C2=O.COc1cc(-c2cn(C)c(=O)c3cnccc23)cc(OC)c1CN(C)CC(=O)O.NCCCCCCCCNc1cccc2c1C(=O)N(C1CCC(=O)NC1=O)C2=O.O=CO. The molecule has 118 heavy (non-hydrogen) atoms. The first-order chi connectivity index (χ1) is 56.8. The summed E-state index contributed by atoms with van der Waals surface area (Å²) in [6.07, 6.45) is 24.4. The number of piperidine rings is 2. The van der Waals surface area contributed by atoms with Gasteiger partial charge in [-0.25, -0.2) is 0 Å². The summed E-state index contributed by atoms with van der Waals surface area (Å²) in [5.41, 5.74) is 12.5. The number of nitrogens with zero attached hydrogens (tertiary/aromatic N) is 8. The number of likely N-dealkylation sites (N-methyl/N-ethyl adjacent to an activating group) is 2. The van der Waals surface area contributed by atoms with Crippen LogP contribution in [0.1, 0.15) is 168 Å². The van der Waals surface area contributed by atoms with E-state index in [2.05, 4.69) is 31.2 Å². The molecule has 2 atom stereocenters. The fourth-order valence-corrected chi connectivity index (χ4v) is 15.0. The molecular weight excluding hydrogens is 1520 g/mol. The highest BCUT2D eigenvalue weighted by Gasteiger charge is 2.47. The highest BCUT2D eigenvalue weighted by atomic mass is 16.5. The van der Waals surface area contributed by atoms with Crippen LogP contribution in [-0.4, -0.2) is 202 Å². The molecule has 2 saturated heterocycles. The highest BCUT2D eigenvalue weighted by Crippen LogP contribution is 2.41. The van der Waals surface area contributed by atoms with E-state index >= 15 is 0 Å². The number of methoxy groups -OCH3 is 4. The first-order valence-electron chi connectivity index (χ1n) is 39.3. The lowest BCUT2D eigenvalue weighted by atomic mass is 9.99. The number of hydrogen-bond acceptors (Lipinski definition) is 24. The van der Waals surface area contributed by atoms with Crippen LogP contribution in [0.3, 0.4) is 0 Å². The van der Waals surface area contributed by atoms with Gasteiger partial charge in [0.1, 0.15) is 40.9 Å². The number of benzene rings is 4. The van der Waals surface area contributed by atoms with Crippen molar-refractivity contribution >= 4 is 98.4 Å². The van der Waals surface area contributed by atoms with Gasteiger partial charge in [-0.2, -0.15) is 0 Å². The van der Waals surface area contributed by atoms with E-state index in [0.29, 0.717) is 95.4 Å². The number of carboxylic acid groups (broad SMARTS) is 2. The van der Waals surface area contributed by atoms with Crippen LogP contribution in [0, 0.1) is 0 Å². The summed E-state index contributed by atoms with van der Waals surface area (Å²) in [7, 11) is 13.4. The minimum absolute atomic E-state index is 0.0779. The molecule has 626 valence electrons. The van der Waals surface area contributed by atoms with Crippen molar-refractivity contribution in [3.8, 4) is 45.3 Å². The number of carbonyl (C=O) groups excluding carboxylic acids is 9. The number of aromatic nitrogens is 4. The number of Topliss-reactive ketones (excluding diaryl/α,β-unsaturated/α-hetero) is 1. The van der Waals surface area contributed by atoms with Crippen LogP contribution in [0.4, 0.5) is 11.4 Å². The number of ether oxygens (including phenoxy) is 4. The number of aliphatic carboxylic acids is 1. The van der Waals surface area contributed by atoms with Crippen molar-refractivity contribution in [1.82, 2.24) is 49.3 Å². The zero-order valence-electron chi connectivity index (χ0n) is 67.8. The first kappa shape index (κ1) is 89.4. The van der Waals surface area contributed by atoms with Crippen molar-refractivity contribution in [3.63, 3.8) is 0 Å². The average molecular weight is 1620 g/mol. The van der Waals surface area contributed by atoms with E-state index in [-0.39, 0.29) is 72.6 Å². The number of imide groups is 4. The van der Waals surface area contributed by atoms with Crippen LogP contribution in [0.2, 0.25) is 0 Å². The molecule has 4 aromatic heterocycles. The maximum Gasteiger partial charge on any atom is 0.317 e. The Labute approximate surface area is 682 Å². The predicted molar refractivity (Wildman–Crippen MR) is 442 cm³/mol. The summed E-state index contributed by atoms with van der Waals surface area (Å²) >= 11 is 0. The molecule has 0 saturated carbocycles. The van der Waals surface area contributed by atoms with Crippen molar-refractivity contribution in [2.45, 2.75) is 141 Å². The number of hydrogen-bond donors (Lipinski definition) is 7. The molecule has 32 heteroatoms. The summed E-state index contributed by atoms with van der Waals surface area (Å²) in [6, 6.07) is 19.5. The Kier molecular flexibility index (Phi) is 32.5. The van der Waals surface area contributed by atoms with Crippen LogP contribution >= 0.6 is 0 Å². The number of nitrogens with two attached hydrogens (primary N) is 1. The number of rotatable bonds is 36. The Morgan fingerprint density at radius 2 is 0.898 bits per heavy atom. The van der Waals surface area contributed by atoms with E-state index in [1.165, 1.54) is 11.0 Å². The van der Waals surface area contributed by atoms with Gasteiger partial charge >= 0.3 is 5.97 Å². The lowest BCUT2D eigenvalue weighted by Crippen LogP contribution is -2.54. The van der Waals surface area contributed by atoms with Crippen molar-refractivity contribution in [3.05, 3.63) is 164 Å². The minimum atomic E-state index is -0.992. The third-order valence-corrected chi connectivity index (χ3v) is 20.8. The van der Waals surface area contributed by atoms with Gasteiger partial charge in [-0.15, -0.1) is 0 Å². The van der Waals surface area contributed by atoms with Gasteiger partial charge in [-0.1, -0.05) is 69.9 Å². The monoisotopic (exact) mass is 1620 g/mol. The second-order valence-electron chi connectivity index (χ2n) is 29.2. The van der Waals surface area contributed by atoms with Crippen molar-refractivity contribution in [1.29, 1.82) is 0 Å². The Morgan fingerprint density at radius 1 is 0.525 bits per heavy atom. The summed E-state index contributed by atoms with van der Waals surface area (Å²) in [6.45, 7) is 2.82. The lowest BCUT2D eigenvalue weighted by molar-refractivity contribution is -0.138. The van der Waals surface area contributed by atoms with Gasteiger partial charge in [0.2, 0.25) is 23.6 Å². The smallest absolute Gasteiger partial charge is 0.317 e. The summed E-state index contributed by atoms with van der Waals surface area (Å²) in [4.78, 5) is 171. The number of carboxylic acids is 1. The normalized spacial score (nSPS) is 14.8. The van der Waals surface area contributed by atoms with E-state index in [0.717, 1.165) is 138 Å². The fourth-order valence-electron chi connectivity index (χ4n) is 15.0. The standard InChI is InChI=1S/C43H50N6O8.C21H28N4O4.C21H23N3O5.CH2O2/c1-47(25-33-36(56-3)21-27(22-37(33)57-4)32-26-48(2)41(53)31-23-44-20-18-29(31)32)24-28(50)13-10-8-6-5-7-9-11-19-45-34-15-12-14-30-39(34)43(55)49(42(30)54)35-16-17-38(51)46-40(35)52;22-12-5-3-1-2-4-6-13-23-15-9-7-8-14-18(15)21(29)25(20(14)28)16-10-11-17(26)24-19(16)27;1-23(12-20(25)26)10-17-18(28-3)7-13(8-19(17)29-4)16-11-24(2)21(27)15-9-22-6-5-14(15)16;2-1-3/h12,14-15,18,20-23,26,35,45H,5-11,13,16-17,19,24-25H2,1-4H3,(H,46,51,52);7-9,16,23H,1-6,10-13,22H2,(H,24,26,27);5-9,11H,10,12H2,1-4H3,(H,25,26);1H,(H,2,3). The topological polar surface area (TPSA) is 422 Å². The first-order valence-corrected chi connectivity index (χ1v) is 39.3. The Bertz CT molecular complexity index is 5130. The van der Waals surface area contributed by atoms with E-state index < -0.39 is 59.4 Å². The van der Waals surface area contributed by atoms with Gasteiger partial charge in [-0.3, -0.25) is 103 Å². The molecule has 8 N–H and O–H groups in total. The third-order valence-electron chi connectivity index (χ3n) is 20.8. The van der Waals surface area contributed by atoms with Crippen LogP contribution in [0.15, 0.2) is 120 Å². The quantitative estimate of drug-likeness (QED) is 0.0109. The second-order valence-corrected chi connectivity index (χ2v) is 29.2. The van der Waals surface area contributed by atoms with Gasteiger partial charge in [-0.05, 0) is 142 Å². The number of fused-ring (bicyclic) bond motifs is 4. The van der Waals surface area contributed by atoms with Crippen molar-refractivity contribution < 1.29 is 81.9 Å². The molecule has 0 spiro atoms. The third kappa shape index (κ3) is 21.9. The number of nitrogens with one attached hydrogen (secondary N) is 4. The molecule has 8 amide bonds. The Morgan fingerprint density at radius 3 is 1.27 bits per heavy atom. The van der Waals surface area contributed by atoms with Gasteiger partial charge in [0.05, 0.1) is 85.7 Å². The van der Waals surface area contributed by atoms with Crippen LogP contribution < -0.4 is 57.1 Å². The van der Waals surface area contributed by atoms with Crippen LogP contribution in [0.25, 0.3) is 43.8 Å². The summed E-state index contributed by atoms with van der Waals surface area (Å²) < 4.78 is 25.9. The maximum atomic E-state index is 13.3. The number of unbranched alkanes of at least 4 members (excludes halogenated alkanes) is 11. The molecule has 0 bridgehead atoms. The molecule has 2 unspecified atom stereocenters. The number of ketones is 1. The number of pyridine rings is 4. The molecule has 4 aromatic carbocycles. The fraction of sp³-hybridized carbons (Fsp3) is 0.407. The minimum Gasteiger partial charge on any atom is -0.496 e. The van der Waals surface area contributed by atoms with Crippen molar-refractivity contribution in [2.75, 3.05) is 85.9 Å². The van der Waals surface area contributed by atoms with E-state index in [1.807, 2.05) is 42.3 Å². The summed E-state index contributed by atoms with van der Waals surface area (Å²) in [5.74, 6) is -2.33. The van der Waals surface area contributed by atoms with Gasteiger partial charge in [0, 0.05) is 119 Å². The second kappa shape index (κ2) is 42.9. The number of carbonyl (C=O) groups is 11. The van der Waals surface area contributed by atoms with Crippen LogP contribution in [-0.2, 0) is 60.7 Å². The van der Waals surface area contributed by atoms with Crippen molar-refractivity contribution in [2.24, 2.45) is 19.8 Å². The number of aryl methyl sites for hydroxylation is 2. The molecule has 0 radical (unpaired) electrons. The van der Waals surface area contributed by atoms with Crippen LogP contribution in [0.5, 0.6) is 23.0 Å². The molecule has 2 fully saturated rings. The maximum absolute atomic E-state index is 13.3. The summed E-state index contributed by atoms with van der Waals surface area (Å²) in [5, 5.41) is 29.5. The van der Waals surface area contributed by atoms with Gasteiger partial charge < -0.3 is 54.7 Å².